The quantitative estimate of drug-likeness (QED) is 0.861. The Labute approximate surface area is 107 Å². The minimum absolute atomic E-state index is 0.0368. The first-order valence-corrected chi connectivity index (χ1v) is 6.43. The van der Waals surface area contributed by atoms with Crippen molar-refractivity contribution in [3.63, 3.8) is 0 Å². The van der Waals surface area contributed by atoms with E-state index in [4.69, 9.17) is 0 Å². The molecule has 2 atom stereocenters. The van der Waals surface area contributed by atoms with E-state index in [1.165, 1.54) is 12.1 Å². The van der Waals surface area contributed by atoms with Crippen LogP contribution in [0.25, 0.3) is 0 Å². The van der Waals surface area contributed by atoms with Gasteiger partial charge in [-0.1, -0.05) is 12.1 Å². The van der Waals surface area contributed by atoms with E-state index in [0.717, 1.165) is 31.5 Å². The van der Waals surface area contributed by atoms with Gasteiger partial charge >= 0.3 is 0 Å². The van der Waals surface area contributed by atoms with Crippen molar-refractivity contribution in [1.82, 2.24) is 10.6 Å². The number of hydrogen-bond acceptors (Lipinski definition) is 2. The van der Waals surface area contributed by atoms with Crippen molar-refractivity contribution in [3.8, 4) is 0 Å². The molecule has 0 radical (unpaired) electrons. The second-order valence-electron chi connectivity index (χ2n) is 4.83. The second kappa shape index (κ2) is 5.96. The fourth-order valence-corrected chi connectivity index (χ4v) is 2.27. The van der Waals surface area contributed by atoms with Crippen LogP contribution >= 0.6 is 0 Å². The van der Waals surface area contributed by atoms with E-state index < -0.39 is 0 Å². The number of halogens is 1. The summed E-state index contributed by atoms with van der Waals surface area (Å²) in [7, 11) is 0. The molecule has 1 aliphatic heterocycles. The normalized spacial score (nSPS) is 21.3. The highest BCUT2D eigenvalue weighted by atomic mass is 19.1. The van der Waals surface area contributed by atoms with Gasteiger partial charge in [-0.2, -0.15) is 0 Å². The lowest BCUT2D eigenvalue weighted by Gasteiger charge is -2.24. The number of carbonyl (C=O) groups is 1. The third-order valence-electron chi connectivity index (χ3n) is 3.38. The fraction of sp³-hybridized carbons (Fsp3) is 0.500. The molecule has 1 fully saturated rings. The van der Waals surface area contributed by atoms with Crippen molar-refractivity contribution in [2.24, 2.45) is 5.92 Å². The minimum Gasteiger partial charge on any atom is -0.349 e. The molecule has 0 saturated carbocycles. The van der Waals surface area contributed by atoms with Gasteiger partial charge in [-0.15, -0.1) is 0 Å². The van der Waals surface area contributed by atoms with Crippen molar-refractivity contribution < 1.29 is 9.18 Å². The van der Waals surface area contributed by atoms with E-state index in [0.29, 0.717) is 0 Å². The van der Waals surface area contributed by atoms with Crippen LogP contribution in [0.15, 0.2) is 24.3 Å². The lowest BCUT2D eigenvalue weighted by molar-refractivity contribution is -0.126. The molecule has 18 heavy (non-hydrogen) atoms. The standard InChI is InChI=1S/C14H19FN2O/c1-10(11-4-2-6-13(15)8-11)17-14(18)12-5-3-7-16-9-12/h2,4,6,8,10,12,16H,3,5,7,9H2,1H3,(H,17,18)/t10-,12+/m0/s1. The number of benzene rings is 1. The summed E-state index contributed by atoms with van der Waals surface area (Å²) in [5.41, 5.74) is 0.798. The largest absolute Gasteiger partial charge is 0.349 e. The molecule has 1 saturated heterocycles. The first kappa shape index (κ1) is 13.0. The molecule has 2 N–H and O–H groups in total. The maximum atomic E-state index is 13.1. The Hall–Kier alpha value is -1.42. The maximum absolute atomic E-state index is 13.1. The van der Waals surface area contributed by atoms with Gasteiger partial charge in [0.2, 0.25) is 5.91 Å². The van der Waals surface area contributed by atoms with E-state index in [-0.39, 0.29) is 23.7 Å². The third-order valence-corrected chi connectivity index (χ3v) is 3.38. The topological polar surface area (TPSA) is 41.1 Å². The number of carbonyl (C=O) groups excluding carboxylic acids is 1. The molecule has 1 aromatic rings. The van der Waals surface area contributed by atoms with Gasteiger partial charge in [0.15, 0.2) is 0 Å². The van der Waals surface area contributed by atoms with Crippen LogP contribution in [0.4, 0.5) is 4.39 Å². The third kappa shape index (κ3) is 3.29. The predicted molar refractivity (Wildman–Crippen MR) is 68.6 cm³/mol. The van der Waals surface area contributed by atoms with Crippen molar-refractivity contribution in [3.05, 3.63) is 35.6 Å². The molecule has 4 heteroatoms. The van der Waals surface area contributed by atoms with Gasteiger partial charge in [0.1, 0.15) is 5.82 Å². The SMILES string of the molecule is C[C@H](NC(=O)[C@@H]1CCCNC1)c1cccc(F)c1. The number of amides is 1. The van der Waals surface area contributed by atoms with E-state index >= 15 is 0 Å². The summed E-state index contributed by atoms with van der Waals surface area (Å²) in [6, 6.07) is 6.20. The Balaban J connectivity index is 1.94. The van der Waals surface area contributed by atoms with E-state index in [1.807, 2.05) is 13.0 Å². The van der Waals surface area contributed by atoms with Crippen LogP contribution in [0.1, 0.15) is 31.4 Å². The number of hydrogen-bond donors (Lipinski definition) is 2. The monoisotopic (exact) mass is 250 g/mol. The van der Waals surface area contributed by atoms with Crippen LogP contribution in [-0.2, 0) is 4.79 Å². The summed E-state index contributed by atoms with van der Waals surface area (Å²) in [5.74, 6) is -0.179. The highest BCUT2D eigenvalue weighted by Crippen LogP contribution is 2.16. The van der Waals surface area contributed by atoms with Crippen LogP contribution in [0.5, 0.6) is 0 Å². The Bertz CT molecular complexity index is 416. The van der Waals surface area contributed by atoms with E-state index in [2.05, 4.69) is 10.6 Å². The molecule has 0 spiro atoms. The van der Waals surface area contributed by atoms with Gasteiger partial charge in [0.25, 0.3) is 0 Å². The van der Waals surface area contributed by atoms with Crippen LogP contribution in [0.3, 0.4) is 0 Å². The molecule has 0 aromatic heterocycles. The zero-order chi connectivity index (χ0) is 13.0. The lowest BCUT2D eigenvalue weighted by Crippen LogP contribution is -2.41. The van der Waals surface area contributed by atoms with Gasteiger partial charge in [-0.25, -0.2) is 4.39 Å². The molecule has 3 nitrogen and oxygen atoms in total. The molecule has 0 unspecified atom stereocenters. The van der Waals surface area contributed by atoms with Crippen molar-refractivity contribution in [2.45, 2.75) is 25.8 Å². The first-order chi connectivity index (χ1) is 8.66. The van der Waals surface area contributed by atoms with Gasteiger partial charge in [0.05, 0.1) is 12.0 Å². The maximum Gasteiger partial charge on any atom is 0.224 e. The highest BCUT2D eigenvalue weighted by Gasteiger charge is 2.22. The van der Waals surface area contributed by atoms with Crippen LogP contribution < -0.4 is 10.6 Å². The summed E-state index contributed by atoms with van der Waals surface area (Å²) in [6.07, 6.45) is 1.96. The van der Waals surface area contributed by atoms with Crippen molar-refractivity contribution in [1.29, 1.82) is 0 Å². The Morgan fingerprint density at radius 3 is 3.06 bits per heavy atom. The summed E-state index contributed by atoms with van der Waals surface area (Å²) >= 11 is 0. The Morgan fingerprint density at radius 1 is 1.56 bits per heavy atom. The average molecular weight is 250 g/mol. The summed E-state index contributed by atoms with van der Waals surface area (Å²) in [4.78, 5) is 12.0. The molecular weight excluding hydrogens is 231 g/mol. The summed E-state index contributed by atoms with van der Waals surface area (Å²) < 4.78 is 13.1. The first-order valence-electron chi connectivity index (χ1n) is 6.43. The molecule has 98 valence electrons. The van der Waals surface area contributed by atoms with Crippen LogP contribution in [-0.4, -0.2) is 19.0 Å². The molecule has 0 aliphatic carbocycles. The second-order valence-corrected chi connectivity index (χ2v) is 4.83. The zero-order valence-corrected chi connectivity index (χ0v) is 10.6. The molecule has 1 amide bonds. The van der Waals surface area contributed by atoms with Gasteiger partial charge in [0, 0.05) is 6.54 Å². The highest BCUT2D eigenvalue weighted by molar-refractivity contribution is 5.79. The van der Waals surface area contributed by atoms with E-state index in [9.17, 15) is 9.18 Å². The van der Waals surface area contributed by atoms with Crippen LogP contribution in [0, 0.1) is 11.7 Å². The smallest absolute Gasteiger partial charge is 0.224 e. The van der Waals surface area contributed by atoms with Crippen molar-refractivity contribution in [2.75, 3.05) is 13.1 Å². The summed E-state index contributed by atoms with van der Waals surface area (Å²) in [5, 5.41) is 6.16. The fourth-order valence-electron chi connectivity index (χ4n) is 2.27. The molecule has 1 heterocycles. The Morgan fingerprint density at radius 2 is 2.39 bits per heavy atom. The Kier molecular flexibility index (Phi) is 4.31. The number of piperidine rings is 1. The molecule has 1 aromatic carbocycles. The average Bonchev–Trinajstić information content (AvgIpc) is 2.39. The molecule has 0 bridgehead atoms. The van der Waals surface area contributed by atoms with Crippen molar-refractivity contribution >= 4 is 5.91 Å². The molecule has 1 aliphatic rings. The predicted octanol–water partition coefficient (Wildman–Crippen LogP) is 2.00. The van der Waals surface area contributed by atoms with E-state index in [1.54, 1.807) is 6.07 Å². The van der Waals surface area contributed by atoms with Gasteiger partial charge in [-0.3, -0.25) is 4.79 Å². The van der Waals surface area contributed by atoms with Crippen LogP contribution in [0.2, 0.25) is 0 Å². The molecule has 2 rings (SSSR count). The zero-order valence-electron chi connectivity index (χ0n) is 10.6. The lowest BCUT2D eigenvalue weighted by atomic mass is 9.98. The van der Waals surface area contributed by atoms with Gasteiger partial charge < -0.3 is 10.6 Å². The number of nitrogens with one attached hydrogen (secondary N) is 2. The van der Waals surface area contributed by atoms with Gasteiger partial charge in [-0.05, 0) is 44.0 Å². The number of rotatable bonds is 3. The summed E-state index contributed by atoms with van der Waals surface area (Å²) in [6.45, 7) is 3.61. The minimum atomic E-state index is -0.270. The molecular formula is C14H19FN2O.